The molecular formula is C22H42N2O8. The van der Waals surface area contributed by atoms with Crippen LogP contribution in [0.1, 0.15) is 71.1 Å². The predicted molar refractivity (Wildman–Crippen MR) is 118 cm³/mol. The van der Waals surface area contributed by atoms with Crippen LogP contribution in [0, 0.1) is 0 Å². The number of aliphatic hydroxyl groups excluding tert-OH is 4. The first-order chi connectivity index (χ1) is 15.4. The molecule has 188 valence electrons. The average molecular weight is 463 g/mol. The Morgan fingerprint density at radius 2 is 1.56 bits per heavy atom. The first-order valence-corrected chi connectivity index (χ1v) is 11.9. The summed E-state index contributed by atoms with van der Waals surface area (Å²) >= 11 is 0. The van der Waals surface area contributed by atoms with Crippen LogP contribution < -0.4 is 10.6 Å². The molecule has 2 amide bonds. The Morgan fingerprint density at radius 3 is 2.22 bits per heavy atom. The number of amides is 2. The van der Waals surface area contributed by atoms with E-state index in [0.29, 0.717) is 19.4 Å². The van der Waals surface area contributed by atoms with Crippen LogP contribution in [-0.4, -0.2) is 89.2 Å². The molecule has 1 fully saturated rings. The molecule has 0 aromatic carbocycles. The standard InChI is InChI=1S/C22H42N2O8/c1-2-3-4-5-7-10-17(27)23-12-9-6-8-11-18(28)24-19-21(30)20(29)16(15-26)32-22(19)31-14-13-25/h16,19-22,25-26,29-30H,2-15H2,1H3,(H,23,27)(H,24,28)/t16-,19-,20-,21-,22+/m1/s1. The number of aliphatic hydroxyl groups is 4. The lowest BCUT2D eigenvalue weighted by Gasteiger charge is -2.42. The summed E-state index contributed by atoms with van der Waals surface area (Å²) in [5.41, 5.74) is 0. The smallest absolute Gasteiger partial charge is 0.220 e. The predicted octanol–water partition coefficient (Wildman–Crippen LogP) is -0.0438. The van der Waals surface area contributed by atoms with Crippen molar-refractivity contribution in [2.45, 2.75) is 102 Å². The van der Waals surface area contributed by atoms with Gasteiger partial charge in [-0.05, 0) is 19.3 Å². The fourth-order valence-corrected chi connectivity index (χ4v) is 3.60. The topological polar surface area (TPSA) is 158 Å². The molecule has 5 atom stereocenters. The number of rotatable bonds is 17. The monoisotopic (exact) mass is 462 g/mol. The molecule has 0 saturated carbocycles. The Hall–Kier alpha value is -1.30. The molecule has 10 nitrogen and oxygen atoms in total. The van der Waals surface area contributed by atoms with Crippen LogP contribution in [0.15, 0.2) is 0 Å². The van der Waals surface area contributed by atoms with Crippen molar-refractivity contribution < 1.29 is 39.5 Å². The number of hydrogen-bond donors (Lipinski definition) is 6. The van der Waals surface area contributed by atoms with E-state index >= 15 is 0 Å². The number of carbonyl (C=O) groups excluding carboxylic acids is 2. The van der Waals surface area contributed by atoms with Crippen molar-refractivity contribution in [3.05, 3.63) is 0 Å². The molecule has 0 aromatic rings. The Morgan fingerprint density at radius 1 is 0.906 bits per heavy atom. The molecule has 0 aromatic heterocycles. The Labute approximate surface area is 190 Å². The quantitative estimate of drug-likeness (QED) is 0.164. The van der Waals surface area contributed by atoms with Gasteiger partial charge in [0.05, 0.1) is 19.8 Å². The van der Waals surface area contributed by atoms with E-state index in [0.717, 1.165) is 25.7 Å². The van der Waals surface area contributed by atoms with E-state index in [4.69, 9.17) is 14.6 Å². The lowest BCUT2D eigenvalue weighted by molar-refractivity contribution is -0.271. The summed E-state index contributed by atoms with van der Waals surface area (Å²) in [6, 6.07) is -1.02. The third-order valence-corrected chi connectivity index (χ3v) is 5.49. The van der Waals surface area contributed by atoms with Crippen molar-refractivity contribution in [2.75, 3.05) is 26.4 Å². The van der Waals surface area contributed by atoms with Crippen LogP contribution in [0.5, 0.6) is 0 Å². The van der Waals surface area contributed by atoms with Crippen molar-refractivity contribution in [2.24, 2.45) is 0 Å². The number of carbonyl (C=O) groups is 2. The van der Waals surface area contributed by atoms with Gasteiger partial charge in [-0.15, -0.1) is 0 Å². The molecule has 0 spiro atoms. The maximum Gasteiger partial charge on any atom is 0.220 e. The highest BCUT2D eigenvalue weighted by Gasteiger charge is 2.45. The molecule has 1 heterocycles. The van der Waals surface area contributed by atoms with Gasteiger partial charge in [-0.2, -0.15) is 0 Å². The number of nitrogens with one attached hydrogen (secondary N) is 2. The van der Waals surface area contributed by atoms with Gasteiger partial charge in [0.15, 0.2) is 6.29 Å². The van der Waals surface area contributed by atoms with E-state index < -0.39 is 37.3 Å². The summed E-state index contributed by atoms with van der Waals surface area (Å²) in [6.07, 6.45) is 3.55. The fourth-order valence-electron chi connectivity index (χ4n) is 3.60. The molecule has 1 aliphatic heterocycles. The van der Waals surface area contributed by atoms with E-state index in [9.17, 15) is 24.9 Å². The van der Waals surface area contributed by atoms with Crippen LogP contribution in [0.4, 0.5) is 0 Å². The summed E-state index contributed by atoms with van der Waals surface area (Å²) in [7, 11) is 0. The van der Waals surface area contributed by atoms with Crippen molar-refractivity contribution in [3.63, 3.8) is 0 Å². The van der Waals surface area contributed by atoms with Gasteiger partial charge >= 0.3 is 0 Å². The van der Waals surface area contributed by atoms with Gasteiger partial charge in [0.1, 0.15) is 24.4 Å². The van der Waals surface area contributed by atoms with Gasteiger partial charge in [-0.25, -0.2) is 0 Å². The third-order valence-electron chi connectivity index (χ3n) is 5.49. The molecule has 0 unspecified atom stereocenters. The van der Waals surface area contributed by atoms with Gasteiger partial charge in [-0.1, -0.05) is 39.0 Å². The maximum absolute atomic E-state index is 12.3. The zero-order chi connectivity index (χ0) is 23.8. The Bertz CT molecular complexity index is 522. The zero-order valence-electron chi connectivity index (χ0n) is 19.2. The molecule has 0 bridgehead atoms. The highest BCUT2D eigenvalue weighted by atomic mass is 16.7. The van der Waals surface area contributed by atoms with Crippen molar-refractivity contribution in [3.8, 4) is 0 Å². The minimum Gasteiger partial charge on any atom is -0.394 e. The SMILES string of the molecule is CCCCCCCC(=O)NCCCCCC(=O)N[C@H]1[C@@H](OCCO)O[C@H](CO)[C@@H](O)[C@@H]1O. The average Bonchev–Trinajstić information content (AvgIpc) is 2.78. The summed E-state index contributed by atoms with van der Waals surface area (Å²) in [5.74, 6) is -0.264. The van der Waals surface area contributed by atoms with E-state index in [1.807, 2.05) is 0 Å². The molecule has 6 N–H and O–H groups in total. The summed E-state index contributed by atoms with van der Waals surface area (Å²) in [4.78, 5) is 24.1. The molecular weight excluding hydrogens is 420 g/mol. The van der Waals surface area contributed by atoms with Crippen LogP contribution in [-0.2, 0) is 19.1 Å². The first-order valence-electron chi connectivity index (χ1n) is 11.9. The molecule has 0 aliphatic carbocycles. The van der Waals surface area contributed by atoms with Gasteiger partial charge in [0.25, 0.3) is 0 Å². The van der Waals surface area contributed by atoms with E-state index in [2.05, 4.69) is 17.6 Å². The number of unbranched alkanes of at least 4 members (excludes halogenated alkanes) is 6. The van der Waals surface area contributed by atoms with Gasteiger partial charge in [0, 0.05) is 19.4 Å². The van der Waals surface area contributed by atoms with Crippen LogP contribution in [0.3, 0.4) is 0 Å². The summed E-state index contributed by atoms with van der Waals surface area (Å²) in [6.45, 7) is 1.86. The summed E-state index contributed by atoms with van der Waals surface area (Å²) in [5, 5.41) is 44.1. The van der Waals surface area contributed by atoms with Crippen LogP contribution in [0.2, 0.25) is 0 Å². The fraction of sp³-hybridized carbons (Fsp3) is 0.909. The highest BCUT2D eigenvalue weighted by Crippen LogP contribution is 2.22. The minimum absolute atomic E-state index is 0.0687. The minimum atomic E-state index is -1.38. The van der Waals surface area contributed by atoms with Crippen LogP contribution >= 0.6 is 0 Å². The van der Waals surface area contributed by atoms with Gasteiger partial charge in [-0.3, -0.25) is 9.59 Å². The molecule has 0 radical (unpaired) electrons. The third kappa shape index (κ3) is 11.0. The molecule has 1 rings (SSSR count). The Kier molecular flexibility index (Phi) is 15.5. The van der Waals surface area contributed by atoms with Crippen molar-refractivity contribution in [1.29, 1.82) is 0 Å². The molecule has 1 saturated heterocycles. The van der Waals surface area contributed by atoms with Gasteiger partial charge in [0.2, 0.25) is 11.8 Å². The second-order valence-corrected chi connectivity index (χ2v) is 8.22. The largest absolute Gasteiger partial charge is 0.394 e. The second kappa shape index (κ2) is 17.2. The van der Waals surface area contributed by atoms with E-state index in [1.165, 1.54) is 19.3 Å². The molecule has 10 heteroatoms. The molecule has 32 heavy (non-hydrogen) atoms. The lowest BCUT2D eigenvalue weighted by Crippen LogP contribution is -2.64. The van der Waals surface area contributed by atoms with Crippen LogP contribution in [0.25, 0.3) is 0 Å². The maximum atomic E-state index is 12.3. The Balaban J connectivity index is 2.24. The summed E-state index contributed by atoms with van der Waals surface area (Å²) < 4.78 is 10.7. The van der Waals surface area contributed by atoms with Crippen molar-refractivity contribution in [1.82, 2.24) is 10.6 Å². The normalized spacial score (nSPS) is 25.5. The van der Waals surface area contributed by atoms with Crippen molar-refractivity contribution >= 4 is 11.8 Å². The first kappa shape index (κ1) is 28.7. The highest BCUT2D eigenvalue weighted by molar-refractivity contribution is 5.76. The number of ether oxygens (including phenoxy) is 2. The van der Waals surface area contributed by atoms with E-state index in [1.54, 1.807) is 0 Å². The van der Waals surface area contributed by atoms with Gasteiger partial charge < -0.3 is 40.5 Å². The zero-order valence-corrected chi connectivity index (χ0v) is 19.2. The number of hydrogen-bond acceptors (Lipinski definition) is 8. The van der Waals surface area contributed by atoms with E-state index in [-0.39, 0.29) is 31.4 Å². The molecule has 1 aliphatic rings. The second-order valence-electron chi connectivity index (χ2n) is 8.22. The lowest BCUT2D eigenvalue weighted by atomic mass is 9.96.